The molecule has 9 rings (SSSR count). The molecule has 0 aliphatic heterocycles. The van der Waals surface area contributed by atoms with Crippen molar-refractivity contribution in [2.75, 3.05) is 9.80 Å². The lowest BCUT2D eigenvalue weighted by molar-refractivity contribution is 1.23. The number of nitrogens with zero attached hydrogens (tertiary/aromatic N) is 2. The van der Waals surface area contributed by atoms with Crippen molar-refractivity contribution in [1.82, 2.24) is 0 Å². The normalized spacial score (nSPS) is 11.7. The van der Waals surface area contributed by atoms with Crippen LogP contribution < -0.4 is 9.80 Å². The van der Waals surface area contributed by atoms with Gasteiger partial charge in [-0.05, 0) is 170 Å². The van der Waals surface area contributed by atoms with E-state index in [1.165, 1.54) is 67.0 Å². The summed E-state index contributed by atoms with van der Waals surface area (Å²) in [6.45, 7) is 13.0. The Kier molecular flexibility index (Phi) is 12.8. The molecule has 0 aliphatic rings. The fourth-order valence-corrected chi connectivity index (χ4v) is 8.86. The standard InChI is InChI=1S/C64H56N2/c1-45-17-31-57(32-18-45)65(63-39-21-47(3)41-49(63)5)59-35-23-51(24-36-59)43-61(53-13-9-7-10-14-53)55-27-29-56(30-28-55)62(54-15-11-8-12-16-54)44-52-25-37-60(38-26-52)66(58-33-19-46(2)20-34-58)64-40-22-48(4)42-50(64)6/h7-44H,1-6H3/b61-43+,62-44+. The lowest BCUT2D eigenvalue weighted by Gasteiger charge is -2.27. The van der Waals surface area contributed by atoms with Crippen LogP contribution >= 0.6 is 0 Å². The Balaban J connectivity index is 1.05. The summed E-state index contributed by atoms with van der Waals surface area (Å²) in [7, 11) is 0. The summed E-state index contributed by atoms with van der Waals surface area (Å²) >= 11 is 0. The van der Waals surface area contributed by atoms with Crippen molar-refractivity contribution in [3.05, 3.63) is 285 Å². The first-order valence-corrected chi connectivity index (χ1v) is 22.9. The molecule has 0 amide bonds. The lowest BCUT2D eigenvalue weighted by Crippen LogP contribution is -2.11. The van der Waals surface area contributed by atoms with Gasteiger partial charge < -0.3 is 9.80 Å². The zero-order chi connectivity index (χ0) is 45.6. The maximum Gasteiger partial charge on any atom is 0.0490 e. The van der Waals surface area contributed by atoms with Gasteiger partial charge in [-0.25, -0.2) is 0 Å². The second-order valence-corrected chi connectivity index (χ2v) is 17.5. The largest absolute Gasteiger partial charge is 0.310 e. The van der Waals surface area contributed by atoms with Crippen molar-refractivity contribution in [3.8, 4) is 0 Å². The van der Waals surface area contributed by atoms with Crippen molar-refractivity contribution < 1.29 is 0 Å². The minimum atomic E-state index is 1.12. The van der Waals surface area contributed by atoms with Crippen LogP contribution in [0.3, 0.4) is 0 Å². The number of aryl methyl sites for hydroxylation is 6. The van der Waals surface area contributed by atoms with Crippen LogP contribution in [0.1, 0.15) is 66.8 Å². The van der Waals surface area contributed by atoms with Crippen LogP contribution in [0.5, 0.6) is 0 Å². The molecule has 0 spiro atoms. The minimum absolute atomic E-state index is 1.12. The average molecular weight is 853 g/mol. The Labute approximate surface area is 392 Å². The zero-order valence-corrected chi connectivity index (χ0v) is 38.8. The highest BCUT2D eigenvalue weighted by atomic mass is 15.1. The molecule has 0 radical (unpaired) electrons. The van der Waals surface area contributed by atoms with E-state index in [0.29, 0.717) is 0 Å². The molecule has 66 heavy (non-hydrogen) atoms. The van der Waals surface area contributed by atoms with Gasteiger partial charge in [-0.1, -0.05) is 180 Å². The molecule has 0 atom stereocenters. The van der Waals surface area contributed by atoms with E-state index < -0.39 is 0 Å². The van der Waals surface area contributed by atoms with Crippen LogP contribution in [0.15, 0.2) is 218 Å². The van der Waals surface area contributed by atoms with Crippen molar-refractivity contribution in [3.63, 3.8) is 0 Å². The Morgan fingerprint density at radius 1 is 0.288 bits per heavy atom. The molecule has 0 aliphatic carbocycles. The van der Waals surface area contributed by atoms with Crippen LogP contribution in [-0.4, -0.2) is 0 Å². The van der Waals surface area contributed by atoms with Gasteiger partial charge in [0.15, 0.2) is 0 Å². The van der Waals surface area contributed by atoms with E-state index in [0.717, 1.165) is 45.0 Å². The van der Waals surface area contributed by atoms with E-state index in [1.54, 1.807) is 0 Å². The predicted octanol–water partition coefficient (Wildman–Crippen LogP) is 17.7. The first-order valence-electron chi connectivity index (χ1n) is 22.9. The molecule has 9 aromatic rings. The predicted molar refractivity (Wildman–Crippen MR) is 284 cm³/mol. The molecule has 2 nitrogen and oxygen atoms in total. The van der Waals surface area contributed by atoms with E-state index in [4.69, 9.17) is 0 Å². The van der Waals surface area contributed by atoms with Crippen LogP contribution in [0.25, 0.3) is 23.3 Å². The van der Waals surface area contributed by atoms with Crippen LogP contribution in [-0.2, 0) is 0 Å². The molecule has 0 saturated heterocycles. The first-order chi connectivity index (χ1) is 32.2. The summed E-state index contributed by atoms with van der Waals surface area (Å²) in [6, 6.07) is 79.4. The zero-order valence-electron chi connectivity index (χ0n) is 38.8. The smallest absolute Gasteiger partial charge is 0.0490 e. The molecule has 0 aromatic heterocycles. The average Bonchev–Trinajstić information content (AvgIpc) is 3.34. The highest BCUT2D eigenvalue weighted by molar-refractivity contribution is 5.95. The second-order valence-electron chi connectivity index (χ2n) is 17.5. The first kappa shape index (κ1) is 43.3. The molecular formula is C64H56N2. The Morgan fingerprint density at radius 3 is 0.894 bits per heavy atom. The Morgan fingerprint density at radius 2 is 0.576 bits per heavy atom. The van der Waals surface area contributed by atoms with E-state index in [2.05, 4.69) is 282 Å². The summed E-state index contributed by atoms with van der Waals surface area (Å²) in [5.41, 5.74) is 23.6. The van der Waals surface area contributed by atoms with Gasteiger partial charge in [0.05, 0.1) is 0 Å². The molecule has 0 unspecified atom stereocenters. The summed E-state index contributed by atoms with van der Waals surface area (Å²) in [5.74, 6) is 0. The Bertz CT molecular complexity index is 2910. The van der Waals surface area contributed by atoms with Gasteiger partial charge in [-0.2, -0.15) is 0 Å². The highest BCUT2D eigenvalue weighted by Gasteiger charge is 2.17. The van der Waals surface area contributed by atoms with E-state index in [9.17, 15) is 0 Å². The van der Waals surface area contributed by atoms with Gasteiger partial charge in [0.2, 0.25) is 0 Å². The molecule has 322 valence electrons. The number of hydrogen-bond acceptors (Lipinski definition) is 2. The van der Waals surface area contributed by atoms with Crippen molar-refractivity contribution in [1.29, 1.82) is 0 Å². The van der Waals surface area contributed by atoms with Gasteiger partial charge in [-0.15, -0.1) is 0 Å². The quantitative estimate of drug-likeness (QED) is 0.113. The number of rotatable bonds is 12. The van der Waals surface area contributed by atoms with Crippen LogP contribution in [0.2, 0.25) is 0 Å². The molecular weight excluding hydrogens is 797 g/mol. The SMILES string of the molecule is Cc1ccc(N(c2ccc(/C=C(\c3ccccc3)c3ccc(/C(=C/c4ccc(N(c5ccc(C)cc5)c5ccc(C)cc5C)cc4)c4ccccc4)cc3)cc2)c2ccc(C)cc2C)cc1. The minimum Gasteiger partial charge on any atom is -0.310 e. The van der Waals surface area contributed by atoms with Gasteiger partial charge in [0.1, 0.15) is 0 Å². The Hall–Kier alpha value is -7.94. The summed E-state index contributed by atoms with van der Waals surface area (Å²) < 4.78 is 0. The monoisotopic (exact) mass is 852 g/mol. The van der Waals surface area contributed by atoms with Crippen LogP contribution in [0, 0.1) is 41.5 Å². The van der Waals surface area contributed by atoms with Gasteiger partial charge in [-0.3, -0.25) is 0 Å². The fourth-order valence-electron chi connectivity index (χ4n) is 8.86. The maximum atomic E-state index is 2.36. The third-order valence-electron chi connectivity index (χ3n) is 12.4. The number of benzene rings is 9. The summed E-state index contributed by atoms with van der Waals surface area (Å²) in [5, 5.41) is 0. The molecule has 0 saturated carbocycles. The summed E-state index contributed by atoms with van der Waals surface area (Å²) in [6.07, 6.45) is 4.63. The molecule has 0 heterocycles. The van der Waals surface area contributed by atoms with Gasteiger partial charge in [0, 0.05) is 34.1 Å². The topological polar surface area (TPSA) is 6.48 Å². The van der Waals surface area contributed by atoms with Crippen molar-refractivity contribution in [2.45, 2.75) is 41.5 Å². The third kappa shape index (κ3) is 9.75. The van der Waals surface area contributed by atoms with E-state index in [-0.39, 0.29) is 0 Å². The van der Waals surface area contributed by atoms with E-state index in [1.807, 2.05) is 0 Å². The molecule has 0 bridgehead atoms. The lowest BCUT2D eigenvalue weighted by atomic mass is 9.91. The van der Waals surface area contributed by atoms with E-state index >= 15 is 0 Å². The van der Waals surface area contributed by atoms with Gasteiger partial charge in [0.25, 0.3) is 0 Å². The maximum absolute atomic E-state index is 2.36. The summed E-state index contributed by atoms with van der Waals surface area (Å²) in [4.78, 5) is 4.72. The molecule has 9 aromatic carbocycles. The molecule has 0 fully saturated rings. The van der Waals surface area contributed by atoms with Crippen molar-refractivity contribution >= 4 is 57.4 Å². The molecule has 0 N–H and O–H groups in total. The molecule has 2 heteroatoms. The number of anilines is 6. The van der Waals surface area contributed by atoms with Crippen LogP contribution in [0.4, 0.5) is 34.1 Å². The highest BCUT2D eigenvalue weighted by Crippen LogP contribution is 2.40. The van der Waals surface area contributed by atoms with Gasteiger partial charge >= 0.3 is 0 Å². The fraction of sp³-hybridized carbons (Fsp3) is 0.0938. The van der Waals surface area contributed by atoms with Crippen molar-refractivity contribution in [2.24, 2.45) is 0 Å². The third-order valence-corrected chi connectivity index (χ3v) is 12.4. The second kappa shape index (κ2) is 19.4. The number of hydrogen-bond donors (Lipinski definition) is 0.